The second-order valence-corrected chi connectivity index (χ2v) is 4.11. The minimum atomic E-state index is -0.281. The summed E-state index contributed by atoms with van der Waals surface area (Å²) >= 11 is 6.57. The van der Waals surface area contributed by atoms with Gasteiger partial charge in [0.15, 0.2) is 0 Å². The number of rotatable bonds is 4. The van der Waals surface area contributed by atoms with Crippen molar-refractivity contribution in [3.63, 3.8) is 0 Å². The van der Waals surface area contributed by atoms with Gasteiger partial charge < -0.3 is 4.74 Å². The molecule has 0 atom stereocenters. The highest BCUT2D eigenvalue weighted by Crippen LogP contribution is 2.25. The Kier molecular flexibility index (Phi) is 4.73. The van der Waals surface area contributed by atoms with E-state index >= 15 is 0 Å². The first-order valence-electron chi connectivity index (χ1n) is 3.88. The predicted molar refractivity (Wildman–Crippen MR) is 58.0 cm³/mol. The smallest absolute Gasteiger partial charge is 0.136 e. The molecule has 0 radical (unpaired) electrons. The topological polar surface area (TPSA) is 9.23 Å². The molecule has 1 rings (SSSR count). The fraction of sp³-hybridized carbons (Fsp3) is 0.333. The summed E-state index contributed by atoms with van der Waals surface area (Å²) in [5.41, 5.74) is 0. The average Bonchev–Trinajstić information content (AvgIpc) is 2.11. The van der Waals surface area contributed by atoms with E-state index < -0.39 is 0 Å². The van der Waals surface area contributed by atoms with Gasteiger partial charge in [0, 0.05) is 11.4 Å². The van der Waals surface area contributed by atoms with Gasteiger partial charge in [-0.25, -0.2) is 4.39 Å². The molecule has 0 saturated heterocycles. The van der Waals surface area contributed by atoms with Crippen LogP contribution in [0.4, 0.5) is 4.39 Å². The van der Waals surface area contributed by atoms with Crippen LogP contribution in [-0.2, 0) is 0 Å². The van der Waals surface area contributed by atoms with E-state index in [1.54, 1.807) is 6.07 Å². The SMILES string of the molecule is Fc1ccc(Br)c(OCCCBr)c1. The second kappa shape index (κ2) is 5.60. The van der Waals surface area contributed by atoms with Crippen molar-refractivity contribution in [2.45, 2.75) is 6.42 Å². The highest BCUT2D eigenvalue weighted by Gasteiger charge is 2.01. The Bertz CT molecular complexity index is 278. The van der Waals surface area contributed by atoms with Crippen molar-refractivity contribution in [3.05, 3.63) is 28.5 Å². The summed E-state index contributed by atoms with van der Waals surface area (Å²) < 4.78 is 18.9. The highest BCUT2D eigenvalue weighted by atomic mass is 79.9. The molecule has 0 aliphatic rings. The van der Waals surface area contributed by atoms with Gasteiger partial charge in [0.25, 0.3) is 0 Å². The minimum Gasteiger partial charge on any atom is -0.492 e. The van der Waals surface area contributed by atoms with Gasteiger partial charge in [-0.2, -0.15) is 0 Å². The second-order valence-electron chi connectivity index (χ2n) is 2.47. The molecule has 0 amide bonds. The number of benzene rings is 1. The fourth-order valence-corrected chi connectivity index (χ4v) is 1.41. The lowest BCUT2D eigenvalue weighted by Crippen LogP contribution is -1.98. The third-order valence-electron chi connectivity index (χ3n) is 1.43. The third kappa shape index (κ3) is 3.65. The molecule has 13 heavy (non-hydrogen) atoms. The van der Waals surface area contributed by atoms with Crippen LogP contribution in [-0.4, -0.2) is 11.9 Å². The molecule has 1 nitrogen and oxygen atoms in total. The molecule has 0 fully saturated rings. The summed E-state index contributed by atoms with van der Waals surface area (Å²) in [5, 5.41) is 0.889. The summed E-state index contributed by atoms with van der Waals surface area (Å²) in [7, 11) is 0. The van der Waals surface area contributed by atoms with Crippen LogP contribution in [0.3, 0.4) is 0 Å². The lowest BCUT2D eigenvalue weighted by atomic mass is 10.3. The lowest BCUT2D eigenvalue weighted by Gasteiger charge is -2.06. The van der Waals surface area contributed by atoms with Gasteiger partial charge in [-0.1, -0.05) is 15.9 Å². The van der Waals surface area contributed by atoms with Crippen molar-refractivity contribution < 1.29 is 9.13 Å². The van der Waals surface area contributed by atoms with Gasteiger partial charge in [0.1, 0.15) is 11.6 Å². The summed E-state index contributed by atoms with van der Waals surface area (Å²) in [5.74, 6) is 0.276. The van der Waals surface area contributed by atoms with Gasteiger partial charge >= 0.3 is 0 Å². The van der Waals surface area contributed by atoms with Crippen LogP contribution in [0.25, 0.3) is 0 Å². The molecule has 0 N–H and O–H groups in total. The Balaban J connectivity index is 2.59. The maximum absolute atomic E-state index is 12.7. The van der Waals surface area contributed by atoms with Crippen molar-refractivity contribution in [1.82, 2.24) is 0 Å². The van der Waals surface area contributed by atoms with Crippen LogP contribution >= 0.6 is 31.9 Å². The molecule has 0 aromatic heterocycles. The molecule has 72 valence electrons. The predicted octanol–water partition coefficient (Wildman–Crippen LogP) is 3.75. The summed E-state index contributed by atoms with van der Waals surface area (Å²) in [6.45, 7) is 0.591. The van der Waals surface area contributed by atoms with Gasteiger partial charge in [-0.15, -0.1) is 0 Å². The van der Waals surface area contributed by atoms with Crippen LogP contribution in [0.5, 0.6) is 5.75 Å². The number of hydrogen-bond acceptors (Lipinski definition) is 1. The Morgan fingerprint density at radius 3 is 2.85 bits per heavy atom. The van der Waals surface area contributed by atoms with E-state index in [2.05, 4.69) is 31.9 Å². The molecule has 0 spiro atoms. The van der Waals surface area contributed by atoms with Crippen LogP contribution in [0.2, 0.25) is 0 Å². The fourth-order valence-electron chi connectivity index (χ4n) is 0.824. The molecule has 0 aliphatic heterocycles. The maximum Gasteiger partial charge on any atom is 0.136 e. The van der Waals surface area contributed by atoms with Gasteiger partial charge in [-0.05, 0) is 34.5 Å². The molecule has 0 unspecified atom stereocenters. The number of ether oxygens (including phenoxy) is 1. The molecular formula is C9H9Br2FO. The maximum atomic E-state index is 12.7. The van der Waals surface area contributed by atoms with Crippen LogP contribution < -0.4 is 4.74 Å². The van der Waals surface area contributed by atoms with Crippen LogP contribution in [0.15, 0.2) is 22.7 Å². The van der Waals surface area contributed by atoms with Crippen molar-refractivity contribution >= 4 is 31.9 Å². The van der Waals surface area contributed by atoms with Crippen molar-refractivity contribution in [1.29, 1.82) is 0 Å². The summed E-state index contributed by atoms with van der Waals surface area (Å²) in [4.78, 5) is 0. The quantitative estimate of drug-likeness (QED) is 0.608. The van der Waals surface area contributed by atoms with E-state index in [1.807, 2.05) is 0 Å². The molecule has 4 heteroatoms. The van der Waals surface area contributed by atoms with E-state index in [1.165, 1.54) is 12.1 Å². The standard InChI is InChI=1S/C9H9Br2FO/c10-4-1-5-13-9-6-7(12)2-3-8(9)11/h2-3,6H,1,4-5H2. The zero-order chi connectivity index (χ0) is 9.68. The number of alkyl halides is 1. The summed E-state index contributed by atoms with van der Waals surface area (Å²) in [6, 6.07) is 4.40. The first-order chi connectivity index (χ1) is 6.24. The first-order valence-corrected chi connectivity index (χ1v) is 5.79. The van der Waals surface area contributed by atoms with Crippen LogP contribution in [0, 0.1) is 5.82 Å². The zero-order valence-corrected chi connectivity index (χ0v) is 10.1. The highest BCUT2D eigenvalue weighted by molar-refractivity contribution is 9.10. The first kappa shape index (κ1) is 11.0. The van der Waals surface area contributed by atoms with Gasteiger partial charge in [0.05, 0.1) is 11.1 Å². The van der Waals surface area contributed by atoms with Crippen LogP contribution in [0.1, 0.15) is 6.42 Å². The minimum absolute atomic E-state index is 0.281. The van der Waals surface area contributed by atoms with Crippen molar-refractivity contribution in [2.75, 3.05) is 11.9 Å². The molecule has 1 aromatic rings. The van der Waals surface area contributed by atoms with Crippen molar-refractivity contribution in [2.24, 2.45) is 0 Å². The molecule has 0 saturated carbocycles. The molecule has 0 aliphatic carbocycles. The largest absolute Gasteiger partial charge is 0.492 e. The Labute approximate surface area is 93.5 Å². The van der Waals surface area contributed by atoms with E-state index in [4.69, 9.17) is 4.74 Å². The molecule has 1 aromatic carbocycles. The lowest BCUT2D eigenvalue weighted by molar-refractivity contribution is 0.315. The van der Waals surface area contributed by atoms with Gasteiger partial charge in [0.2, 0.25) is 0 Å². The monoisotopic (exact) mass is 310 g/mol. The zero-order valence-electron chi connectivity index (χ0n) is 6.90. The Morgan fingerprint density at radius 1 is 1.38 bits per heavy atom. The van der Waals surface area contributed by atoms with E-state index in [0.717, 1.165) is 16.2 Å². The normalized spacial score (nSPS) is 10.1. The van der Waals surface area contributed by atoms with E-state index in [-0.39, 0.29) is 5.82 Å². The van der Waals surface area contributed by atoms with Crippen molar-refractivity contribution in [3.8, 4) is 5.75 Å². The third-order valence-corrected chi connectivity index (χ3v) is 2.64. The van der Waals surface area contributed by atoms with E-state index in [9.17, 15) is 4.39 Å². The van der Waals surface area contributed by atoms with E-state index in [0.29, 0.717) is 12.4 Å². The molecular weight excluding hydrogens is 303 g/mol. The average molecular weight is 312 g/mol. The number of hydrogen-bond donors (Lipinski definition) is 0. The summed E-state index contributed by atoms with van der Waals surface area (Å²) in [6.07, 6.45) is 0.906. The van der Waals surface area contributed by atoms with Gasteiger partial charge in [-0.3, -0.25) is 0 Å². The Morgan fingerprint density at radius 2 is 2.15 bits per heavy atom. The number of halogens is 3. The Hall–Kier alpha value is -0.0900. The molecule has 0 heterocycles. The molecule has 0 bridgehead atoms.